The van der Waals surface area contributed by atoms with Gasteiger partial charge in [0.25, 0.3) is 5.69 Å². The topological polar surface area (TPSA) is 115 Å². The fourth-order valence-electron chi connectivity index (χ4n) is 1.21. The van der Waals surface area contributed by atoms with E-state index in [0.29, 0.717) is 10.8 Å². The Bertz CT molecular complexity index is 610. The van der Waals surface area contributed by atoms with Crippen LogP contribution in [0.1, 0.15) is 0 Å². The molecule has 0 unspecified atom stereocenters. The number of rotatable bonds is 4. The molecule has 1 aromatic heterocycles. The molecule has 0 atom stereocenters. The van der Waals surface area contributed by atoms with Crippen molar-refractivity contribution < 1.29 is 19.6 Å². The van der Waals surface area contributed by atoms with Gasteiger partial charge < -0.3 is 9.84 Å². The lowest BCUT2D eigenvalue weighted by atomic mass is 10.3. The number of nitro groups is 1. The van der Waals surface area contributed by atoms with Gasteiger partial charge in [-0.2, -0.15) is 0 Å². The molecule has 0 saturated heterocycles. The summed E-state index contributed by atoms with van der Waals surface area (Å²) in [6, 6.07) is 5.52. The van der Waals surface area contributed by atoms with Crippen LogP contribution in [0.3, 0.4) is 0 Å². The molecular weight excluding hydrogens is 274 g/mol. The van der Waals surface area contributed by atoms with Gasteiger partial charge in [-0.25, -0.2) is 9.78 Å². The van der Waals surface area contributed by atoms with Crippen molar-refractivity contribution in [3.8, 4) is 10.8 Å². The Labute approximate surface area is 110 Å². The molecule has 9 heteroatoms. The first-order chi connectivity index (χ1) is 9.04. The Balaban J connectivity index is 2.06. The number of anilines is 1. The lowest BCUT2D eigenvalue weighted by Crippen LogP contribution is -2.06. The average molecular weight is 281 g/mol. The number of thiazole rings is 1. The number of nitrogens with zero attached hydrogens (tertiary/aromatic N) is 2. The summed E-state index contributed by atoms with van der Waals surface area (Å²) in [4.78, 5) is 24.1. The van der Waals surface area contributed by atoms with Gasteiger partial charge in [-0.3, -0.25) is 15.4 Å². The van der Waals surface area contributed by atoms with E-state index in [4.69, 9.17) is 9.84 Å². The molecule has 8 nitrogen and oxygen atoms in total. The van der Waals surface area contributed by atoms with Crippen molar-refractivity contribution in [3.05, 3.63) is 40.6 Å². The molecule has 2 rings (SSSR count). The fraction of sp³-hybridized carbons (Fsp3) is 0. The third kappa shape index (κ3) is 3.39. The number of ether oxygens (including phenoxy) is 1. The van der Waals surface area contributed by atoms with Crippen LogP contribution in [0, 0.1) is 10.1 Å². The van der Waals surface area contributed by atoms with Crippen molar-refractivity contribution in [3.63, 3.8) is 0 Å². The Morgan fingerprint density at radius 2 is 2.11 bits per heavy atom. The van der Waals surface area contributed by atoms with Crippen molar-refractivity contribution in [1.82, 2.24) is 4.98 Å². The van der Waals surface area contributed by atoms with Gasteiger partial charge in [-0.15, -0.1) is 0 Å². The van der Waals surface area contributed by atoms with Crippen molar-refractivity contribution >= 4 is 28.2 Å². The Kier molecular flexibility index (Phi) is 3.57. The van der Waals surface area contributed by atoms with Crippen LogP contribution in [-0.2, 0) is 0 Å². The van der Waals surface area contributed by atoms with E-state index in [1.54, 1.807) is 0 Å². The number of nitro benzene ring substituents is 1. The second-order valence-electron chi connectivity index (χ2n) is 3.27. The number of hydrogen-bond donors (Lipinski definition) is 2. The van der Waals surface area contributed by atoms with Crippen LogP contribution in [0.5, 0.6) is 10.8 Å². The highest BCUT2D eigenvalue weighted by Crippen LogP contribution is 2.30. The van der Waals surface area contributed by atoms with Gasteiger partial charge in [-0.05, 0) is 12.1 Å². The van der Waals surface area contributed by atoms with E-state index in [0.717, 1.165) is 11.3 Å². The third-order valence-corrected chi connectivity index (χ3v) is 2.76. The van der Waals surface area contributed by atoms with Crippen LogP contribution in [0.2, 0.25) is 0 Å². The molecule has 0 aliphatic rings. The molecule has 2 N–H and O–H groups in total. The normalized spacial score (nSPS) is 9.89. The molecular formula is C10H7N3O5S. The zero-order valence-electron chi connectivity index (χ0n) is 9.27. The zero-order chi connectivity index (χ0) is 13.8. The van der Waals surface area contributed by atoms with Crippen LogP contribution < -0.4 is 10.1 Å². The number of non-ortho nitro benzene ring substituents is 1. The smallest absolute Gasteiger partial charge is 0.410 e. The van der Waals surface area contributed by atoms with Gasteiger partial charge >= 0.3 is 6.09 Å². The zero-order valence-corrected chi connectivity index (χ0v) is 10.1. The van der Waals surface area contributed by atoms with Crippen LogP contribution in [0.15, 0.2) is 30.5 Å². The first-order valence-electron chi connectivity index (χ1n) is 4.92. The van der Waals surface area contributed by atoms with Gasteiger partial charge in [0.1, 0.15) is 5.75 Å². The van der Waals surface area contributed by atoms with E-state index in [-0.39, 0.29) is 10.8 Å². The third-order valence-electron chi connectivity index (χ3n) is 1.96. The number of benzene rings is 1. The molecule has 0 aliphatic heterocycles. The minimum absolute atomic E-state index is 0.0371. The summed E-state index contributed by atoms with van der Waals surface area (Å²) < 4.78 is 5.38. The van der Waals surface area contributed by atoms with E-state index in [1.165, 1.54) is 30.5 Å². The van der Waals surface area contributed by atoms with Gasteiger partial charge in [0, 0.05) is 12.1 Å². The van der Waals surface area contributed by atoms with E-state index >= 15 is 0 Å². The summed E-state index contributed by atoms with van der Waals surface area (Å²) in [6.07, 6.45) is 0.147. The second-order valence-corrected chi connectivity index (χ2v) is 4.26. The average Bonchev–Trinajstić information content (AvgIpc) is 2.76. The summed E-state index contributed by atoms with van der Waals surface area (Å²) in [5.41, 5.74) is -0.0371. The minimum atomic E-state index is -1.21. The standard InChI is InChI=1S/C10H7N3O5S/c14-10(15)12-9-11-5-8(19-9)18-7-3-1-6(2-4-7)13(16)17/h1-5H,(H,11,12)(H,14,15). The molecule has 0 spiro atoms. The monoisotopic (exact) mass is 281 g/mol. The van der Waals surface area contributed by atoms with Crippen LogP contribution in [0.4, 0.5) is 15.6 Å². The summed E-state index contributed by atoms with van der Waals surface area (Å²) in [6.45, 7) is 0. The summed E-state index contributed by atoms with van der Waals surface area (Å²) in [5, 5.41) is 21.6. The molecule has 0 fully saturated rings. The van der Waals surface area contributed by atoms with E-state index < -0.39 is 11.0 Å². The molecule has 2 aromatic rings. The molecule has 0 aliphatic carbocycles. The number of carbonyl (C=O) groups is 1. The molecule has 0 bridgehead atoms. The van der Waals surface area contributed by atoms with Crippen LogP contribution >= 0.6 is 11.3 Å². The quantitative estimate of drug-likeness (QED) is 0.657. The number of aromatic nitrogens is 1. The predicted octanol–water partition coefficient (Wildman–Crippen LogP) is 2.93. The molecule has 19 heavy (non-hydrogen) atoms. The SMILES string of the molecule is O=C(O)Nc1ncc(Oc2ccc([N+](=O)[O-])cc2)s1. The molecule has 0 radical (unpaired) electrons. The number of amides is 1. The molecule has 0 saturated carbocycles. The molecule has 1 heterocycles. The highest BCUT2D eigenvalue weighted by atomic mass is 32.1. The predicted molar refractivity (Wildman–Crippen MR) is 66.9 cm³/mol. The number of hydrogen-bond acceptors (Lipinski definition) is 6. The highest BCUT2D eigenvalue weighted by Gasteiger charge is 2.08. The maximum absolute atomic E-state index is 10.5. The van der Waals surface area contributed by atoms with Gasteiger partial charge in [-0.1, -0.05) is 11.3 Å². The summed E-state index contributed by atoms with van der Waals surface area (Å²) >= 11 is 1.01. The molecule has 1 amide bonds. The van der Waals surface area contributed by atoms with Crippen molar-refractivity contribution in [2.24, 2.45) is 0 Å². The second kappa shape index (κ2) is 5.31. The van der Waals surface area contributed by atoms with E-state index in [1.807, 2.05) is 0 Å². The van der Waals surface area contributed by atoms with Crippen LogP contribution in [-0.4, -0.2) is 21.1 Å². The fourth-order valence-corrected chi connectivity index (χ4v) is 1.89. The first kappa shape index (κ1) is 12.8. The van der Waals surface area contributed by atoms with E-state index in [9.17, 15) is 14.9 Å². The highest BCUT2D eigenvalue weighted by molar-refractivity contribution is 7.17. The van der Waals surface area contributed by atoms with Crippen molar-refractivity contribution in [1.29, 1.82) is 0 Å². The first-order valence-corrected chi connectivity index (χ1v) is 5.74. The Morgan fingerprint density at radius 3 is 2.68 bits per heavy atom. The lowest BCUT2D eigenvalue weighted by molar-refractivity contribution is -0.384. The van der Waals surface area contributed by atoms with Gasteiger partial charge in [0.2, 0.25) is 5.06 Å². The maximum atomic E-state index is 10.5. The number of carboxylic acid groups (broad SMARTS) is 1. The molecule has 98 valence electrons. The maximum Gasteiger partial charge on any atom is 0.410 e. The Morgan fingerprint density at radius 1 is 1.42 bits per heavy atom. The Hall–Kier alpha value is -2.68. The van der Waals surface area contributed by atoms with Gasteiger partial charge in [0.05, 0.1) is 11.1 Å². The summed E-state index contributed by atoms with van der Waals surface area (Å²) in [7, 11) is 0. The minimum Gasteiger partial charge on any atom is -0.465 e. The lowest BCUT2D eigenvalue weighted by Gasteiger charge is -2.00. The van der Waals surface area contributed by atoms with Crippen LogP contribution in [0.25, 0.3) is 0 Å². The van der Waals surface area contributed by atoms with Gasteiger partial charge in [0.15, 0.2) is 5.13 Å². The molecule has 1 aromatic carbocycles. The van der Waals surface area contributed by atoms with Crippen molar-refractivity contribution in [2.45, 2.75) is 0 Å². The van der Waals surface area contributed by atoms with Crippen molar-refractivity contribution in [2.75, 3.05) is 5.32 Å². The number of nitrogens with one attached hydrogen (secondary N) is 1. The van der Waals surface area contributed by atoms with E-state index in [2.05, 4.69) is 10.3 Å². The summed E-state index contributed by atoms with van der Waals surface area (Å²) in [5.74, 6) is 0.399. The largest absolute Gasteiger partial charge is 0.465 e.